The first kappa shape index (κ1) is 13.5. The van der Waals surface area contributed by atoms with Crippen LogP contribution in [0.3, 0.4) is 0 Å². The van der Waals surface area contributed by atoms with Gasteiger partial charge in [0.2, 0.25) is 5.95 Å². The first-order chi connectivity index (χ1) is 10.2. The maximum atomic E-state index is 12.1. The van der Waals surface area contributed by atoms with Crippen LogP contribution >= 0.6 is 0 Å². The molecule has 2 aromatic rings. The molecule has 0 spiro atoms. The SMILES string of the molecule is Cn1ccc(C(=O)NC2CCCN(c3ncccn3)C2)n1. The number of amides is 1. The Labute approximate surface area is 123 Å². The van der Waals surface area contributed by atoms with E-state index in [2.05, 4.69) is 25.3 Å². The van der Waals surface area contributed by atoms with E-state index in [1.165, 1.54) is 0 Å². The Hall–Kier alpha value is -2.44. The highest BCUT2D eigenvalue weighted by Crippen LogP contribution is 2.15. The van der Waals surface area contributed by atoms with E-state index in [4.69, 9.17) is 0 Å². The topological polar surface area (TPSA) is 75.9 Å². The van der Waals surface area contributed by atoms with E-state index >= 15 is 0 Å². The largest absolute Gasteiger partial charge is 0.346 e. The monoisotopic (exact) mass is 286 g/mol. The molecule has 1 aliphatic rings. The van der Waals surface area contributed by atoms with E-state index in [-0.39, 0.29) is 11.9 Å². The van der Waals surface area contributed by atoms with Crippen molar-refractivity contribution in [3.05, 3.63) is 36.4 Å². The minimum atomic E-state index is -0.128. The molecule has 0 saturated carbocycles. The summed E-state index contributed by atoms with van der Waals surface area (Å²) < 4.78 is 1.62. The van der Waals surface area contributed by atoms with Crippen LogP contribution in [0.15, 0.2) is 30.7 Å². The van der Waals surface area contributed by atoms with Crippen LogP contribution in [0, 0.1) is 0 Å². The molecule has 0 radical (unpaired) electrons. The van der Waals surface area contributed by atoms with Crippen molar-refractivity contribution in [2.45, 2.75) is 18.9 Å². The van der Waals surface area contributed by atoms with E-state index in [9.17, 15) is 4.79 Å². The molecule has 7 heteroatoms. The molecule has 0 aliphatic carbocycles. The Morgan fingerprint density at radius 3 is 2.90 bits per heavy atom. The van der Waals surface area contributed by atoms with Gasteiger partial charge in [-0.1, -0.05) is 0 Å². The summed E-state index contributed by atoms with van der Waals surface area (Å²) in [7, 11) is 1.80. The summed E-state index contributed by atoms with van der Waals surface area (Å²) in [5.74, 6) is 0.589. The molecular weight excluding hydrogens is 268 g/mol. The highest BCUT2D eigenvalue weighted by molar-refractivity contribution is 5.92. The number of nitrogens with zero attached hydrogens (tertiary/aromatic N) is 5. The van der Waals surface area contributed by atoms with E-state index < -0.39 is 0 Å². The van der Waals surface area contributed by atoms with Crippen LogP contribution in [0.2, 0.25) is 0 Å². The molecule has 1 amide bonds. The lowest BCUT2D eigenvalue weighted by atomic mass is 10.1. The first-order valence-corrected chi connectivity index (χ1v) is 7.05. The normalized spacial score (nSPS) is 18.5. The number of anilines is 1. The fraction of sp³-hybridized carbons (Fsp3) is 0.429. The maximum absolute atomic E-state index is 12.1. The average Bonchev–Trinajstić information content (AvgIpc) is 2.95. The molecule has 7 nitrogen and oxygen atoms in total. The van der Waals surface area contributed by atoms with Crippen LogP contribution in [0.5, 0.6) is 0 Å². The zero-order chi connectivity index (χ0) is 14.7. The standard InChI is InChI=1S/C14H18N6O/c1-19-9-5-12(18-19)13(21)17-11-4-2-8-20(10-11)14-15-6-3-7-16-14/h3,5-7,9,11H,2,4,8,10H2,1H3,(H,17,21). The molecule has 1 unspecified atom stereocenters. The van der Waals surface area contributed by atoms with Crippen molar-refractivity contribution in [2.24, 2.45) is 7.05 Å². The predicted octanol–water partition coefficient (Wildman–Crippen LogP) is 0.609. The smallest absolute Gasteiger partial charge is 0.272 e. The second-order valence-corrected chi connectivity index (χ2v) is 5.18. The van der Waals surface area contributed by atoms with E-state index in [0.29, 0.717) is 11.6 Å². The number of aryl methyl sites for hydroxylation is 1. The second kappa shape index (κ2) is 5.90. The molecule has 3 rings (SSSR count). The Balaban J connectivity index is 1.62. The Morgan fingerprint density at radius 1 is 1.38 bits per heavy atom. The van der Waals surface area contributed by atoms with Gasteiger partial charge in [0.15, 0.2) is 0 Å². The second-order valence-electron chi connectivity index (χ2n) is 5.18. The van der Waals surface area contributed by atoms with E-state index in [1.807, 2.05) is 0 Å². The third-order valence-electron chi connectivity index (χ3n) is 3.54. The van der Waals surface area contributed by atoms with Gasteiger partial charge in [0.25, 0.3) is 5.91 Å². The number of rotatable bonds is 3. The van der Waals surface area contributed by atoms with Gasteiger partial charge in [0, 0.05) is 44.8 Å². The minimum absolute atomic E-state index is 0.0945. The number of hydrogen-bond acceptors (Lipinski definition) is 5. The fourth-order valence-corrected chi connectivity index (χ4v) is 2.53. The molecule has 1 saturated heterocycles. The third kappa shape index (κ3) is 3.18. The van der Waals surface area contributed by atoms with Gasteiger partial charge in [-0.15, -0.1) is 0 Å². The molecule has 1 atom stereocenters. The molecule has 0 bridgehead atoms. The van der Waals surface area contributed by atoms with Gasteiger partial charge in [-0.3, -0.25) is 9.48 Å². The van der Waals surface area contributed by atoms with Crippen LogP contribution in [0.4, 0.5) is 5.95 Å². The zero-order valence-corrected chi connectivity index (χ0v) is 11.9. The lowest BCUT2D eigenvalue weighted by Crippen LogP contribution is -2.48. The van der Waals surface area contributed by atoms with Crippen molar-refractivity contribution >= 4 is 11.9 Å². The van der Waals surface area contributed by atoms with Crippen molar-refractivity contribution in [3.8, 4) is 0 Å². The van der Waals surface area contributed by atoms with Crippen LogP contribution in [-0.2, 0) is 7.05 Å². The molecule has 1 N–H and O–H groups in total. The lowest BCUT2D eigenvalue weighted by Gasteiger charge is -2.32. The highest BCUT2D eigenvalue weighted by Gasteiger charge is 2.23. The van der Waals surface area contributed by atoms with Crippen molar-refractivity contribution < 1.29 is 4.79 Å². The van der Waals surface area contributed by atoms with Crippen molar-refractivity contribution in [3.63, 3.8) is 0 Å². The van der Waals surface area contributed by atoms with Gasteiger partial charge < -0.3 is 10.2 Å². The van der Waals surface area contributed by atoms with Crippen molar-refractivity contribution in [1.82, 2.24) is 25.1 Å². The summed E-state index contributed by atoms with van der Waals surface area (Å²) in [6, 6.07) is 3.61. The number of piperidine rings is 1. The lowest BCUT2D eigenvalue weighted by molar-refractivity contribution is 0.0927. The molecule has 1 aliphatic heterocycles. The zero-order valence-electron chi connectivity index (χ0n) is 11.9. The summed E-state index contributed by atoms with van der Waals surface area (Å²) in [5.41, 5.74) is 0.450. The summed E-state index contributed by atoms with van der Waals surface area (Å²) in [4.78, 5) is 22.8. The van der Waals surface area contributed by atoms with Gasteiger partial charge in [0.05, 0.1) is 0 Å². The molecular formula is C14H18N6O. The highest BCUT2D eigenvalue weighted by atomic mass is 16.2. The maximum Gasteiger partial charge on any atom is 0.272 e. The van der Waals surface area contributed by atoms with Crippen LogP contribution in [0.1, 0.15) is 23.3 Å². The summed E-state index contributed by atoms with van der Waals surface area (Å²) in [6.45, 7) is 1.64. The number of carbonyl (C=O) groups excluding carboxylic acids is 1. The van der Waals surface area contributed by atoms with Gasteiger partial charge >= 0.3 is 0 Å². The third-order valence-corrected chi connectivity index (χ3v) is 3.54. The van der Waals surface area contributed by atoms with Gasteiger partial charge in [-0.2, -0.15) is 5.10 Å². The molecule has 1 fully saturated rings. The van der Waals surface area contributed by atoms with Crippen LogP contribution in [-0.4, -0.2) is 44.8 Å². The van der Waals surface area contributed by atoms with Gasteiger partial charge in [0.1, 0.15) is 5.69 Å². The number of nitrogens with one attached hydrogen (secondary N) is 1. The minimum Gasteiger partial charge on any atom is -0.346 e. The summed E-state index contributed by atoms with van der Waals surface area (Å²) in [6.07, 6.45) is 7.20. The van der Waals surface area contributed by atoms with Crippen molar-refractivity contribution in [2.75, 3.05) is 18.0 Å². The Kier molecular flexibility index (Phi) is 3.81. The number of hydrogen-bond donors (Lipinski definition) is 1. The fourth-order valence-electron chi connectivity index (χ4n) is 2.53. The van der Waals surface area contributed by atoms with Gasteiger partial charge in [-0.25, -0.2) is 9.97 Å². The molecule has 110 valence electrons. The molecule has 2 aromatic heterocycles. The quantitative estimate of drug-likeness (QED) is 0.894. The number of aromatic nitrogens is 4. The molecule has 0 aromatic carbocycles. The van der Waals surface area contributed by atoms with E-state index in [1.54, 1.807) is 42.5 Å². The molecule has 3 heterocycles. The van der Waals surface area contributed by atoms with Crippen LogP contribution in [0.25, 0.3) is 0 Å². The van der Waals surface area contributed by atoms with E-state index in [0.717, 1.165) is 25.9 Å². The first-order valence-electron chi connectivity index (χ1n) is 7.05. The predicted molar refractivity (Wildman–Crippen MR) is 77.9 cm³/mol. The summed E-state index contributed by atoms with van der Waals surface area (Å²) >= 11 is 0. The van der Waals surface area contributed by atoms with Crippen molar-refractivity contribution in [1.29, 1.82) is 0 Å². The Morgan fingerprint density at radius 2 is 2.19 bits per heavy atom. The summed E-state index contributed by atoms with van der Waals surface area (Å²) in [5, 5.41) is 7.16. The Bertz CT molecular complexity index is 611. The van der Waals surface area contributed by atoms with Crippen LogP contribution < -0.4 is 10.2 Å². The molecule has 21 heavy (non-hydrogen) atoms. The number of carbonyl (C=O) groups is 1. The van der Waals surface area contributed by atoms with Gasteiger partial charge in [-0.05, 0) is 25.0 Å². The average molecular weight is 286 g/mol.